The number of ether oxygens (including phenoxy) is 2. The topological polar surface area (TPSA) is 107 Å². The van der Waals surface area contributed by atoms with Crippen LogP contribution in [0.15, 0.2) is 40.1 Å². The third kappa shape index (κ3) is 3.08. The minimum atomic E-state index is -0.650. The van der Waals surface area contributed by atoms with Gasteiger partial charge in [-0.25, -0.2) is 9.59 Å². The van der Waals surface area contributed by atoms with Crippen LogP contribution in [0.25, 0.3) is 0 Å². The van der Waals surface area contributed by atoms with E-state index in [2.05, 4.69) is 15.5 Å². The number of hydrogen-bond acceptors (Lipinski definition) is 7. The quantitative estimate of drug-likeness (QED) is 0.760. The number of aromatic nitrogens is 2. The number of hydrogen-bond donors (Lipinski definition) is 1. The Morgan fingerprint density at radius 1 is 1.32 bits per heavy atom. The molecule has 1 unspecified atom stereocenters. The molecule has 0 saturated carbocycles. The highest BCUT2D eigenvalue weighted by atomic mass is 16.5. The standard InChI is InChI=1S/C19H20N4O5/c1-3-6-14-20-15(28-22-14)9-23-12-10-27-18(24)16(12)17(21-19(23)25)11-7-4-5-8-13(11)26-2/h4-5,7-8,17H,3,6,9-10H2,1-2H3,(H,21,25). The van der Waals surface area contributed by atoms with Crippen LogP contribution in [0.3, 0.4) is 0 Å². The van der Waals surface area contributed by atoms with E-state index in [0.717, 1.165) is 6.42 Å². The van der Waals surface area contributed by atoms with E-state index in [1.165, 1.54) is 4.90 Å². The van der Waals surface area contributed by atoms with E-state index in [4.69, 9.17) is 14.0 Å². The van der Waals surface area contributed by atoms with Crippen LogP contribution >= 0.6 is 0 Å². The van der Waals surface area contributed by atoms with E-state index in [-0.39, 0.29) is 19.2 Å². The van der Waals surface area contributed by atoms with Crippen molar-refractivity contribution in [1.29, 1.82) is 0 Å². The molecule has 2 aliphatic heterocycles. The number of aryl methyl sites for hydroxylation is 1. The molecule has 2 aromatic rings. The van der Waals surface area contributed by atoms with Crippen LogP contribution < -0.4 is 10.1 Å². The van der Waals surface area contributed by atoms with Gasteiger partial charge in [0, 0.05) is 12.0 Å². The van der Waals surface area contributed by atoms with Crippen molar-refractivity contribution >= 4 is 12.0 Å². The van der Waals surface area contributed by atoms with Gasteiger partial charge in [-0.3, -0.25) is 4.90 Å². The first-order chi connectivity index (χ1) is 13.6. The predicted molar refractivity (Wildman–Crippen MR) is 96.1 cm³/mol. The number of carbonyl (C=O) groups excluding carboxylic acids is 2. The molecule has 1 aromatic heterocycles. The molecule has 0 aliphatic carbocycles. The Morgan fingerprint density at radius 3 is 2.93 bits per heavy atom. The Balaban J connectivity index is 1.69. The molecule has 0 bridgehead atoms. The van der Waals surface area contributed by atoms with Crippen LogP contribution in [0.1, 0.15) is 36.7 Å². The van der Waals surface area contributed by atoms with Gasteiger partial charge in [-0.2, -0.15) is 4.98 Å². The second-order valence-electron chi connectivity index (χ2n) is 6.50. The van der Waals surface area contributed by atoms with Gasteiger partial charge in [-0.15, -0.1) is 0 Å². The van der Waals surface area contributed by atoms with E-state index in [1.807, 2.05) is 25.1 Å². The second-order valence-corrected chi connectivity index (χ2v) is 6.50. The molecule has 146 valence electrons. The Labute approximate surface area is 161 Å². The monoisotopic (exact) mass is 384 g/mol. The molecule has 3 heterocycles. The maximum atomic E-state index is 12.8. The van der Waals surface area contributed by atoms with Crippen molar-refractivity contribution < 1.29 is 23.6 Å². The first kappa shape index (κ1) is 18.0. The lowest BCUT2D eigenvalue weighted by molar-refractivity contribution is -0.136. The predicted octanol–water partition coefficient (Wildman–Crippen LogP) is 2.11. The van der Waals surface area contributed by atoms with E-state index < -0.39 is 12.0 Å². The molecule has 28 heavy (non-hydrogen) atoms. The molecule has 1 atom stereocenters. The number of esters is 1. The smallest absolute Gasteiger partial charge is 0.338 e. The first-order valence-electron chi connectivity index (χ1n) is 9.05. The number of para-hydroxylation sites is 1. The van der Waals surface area contributed by atoms with Crippen molar-refractivity contribution in [2.75, 3.05) is 13.7 Å². The molecular weight excluding hydrogens is 364 g/mol. The number of rotatable bonds is 6. The molecule has 0 saturated heterocycles. The Morgan fingerprint density at radius 2 is 2.14 bits per heavy atom. The van der Waals surface area contributed by atoms with Crippen molar-refractivity contribution in [2.24, 2.45) is 0 Å². The minimum absolute atomic E-state index is 0.0171. The molecule has 1 N–H and O–H groups in total. The lowest BCUT2D eigenvalue weighted by Gasteiger charge is -2.32. The van der Waals surface area contributed by atoms with Crippen molar-refractivity contribution in [3.05, 3.63) is 52.8 Å². The summed E-state index contributed by atoms with van der Waals surface area (Å²) in [6.07, 6.45) is 1.59. The highest BCUT2D eigenvalue weighted by Crippen LogP contribution is 2.38. The average molecular weight is 384 g/mol. The fourth-order valence-electron chi connectivity index (χ4n) is 3.43. The Hall–Kier alpha value is -3.36. The summed E-state index contributed by atoms with van der Waals surface area (Å²) in [7, 11) is 1.54. The third-order valence-corrected chi connectivity index (χ3v) is 4.73. The van der Waals surface area contributed by atoms with Crippen LogP contribution in [-0.2, 0) is 22.5 Å². The van der Waals surface area contributed by atoms with Crippen LogP contribution in [-0.4, -0.2) is 40.8 Å². The average Bonchev–Trinajstić information content (AvgIpc) is 3.31. The van der Waals surface area contributed by atoms with Gasteiger partial charge in [0.05, 0.1) is 24.4 Å². The lowest BCUT2D eigenvalue weighted by Crippen LogP contribution is -2.47. The molecule has 2 amide bonds. The fourth-order valence-corrected chi connectivity index (χ4v) is 3.43. The summed E-state index contributed by atoms with van der Waals surface area (Å²) < 4.78 is 15.9. The first-order valence-corrected chi connectivity index (χ1v) is 9.05. The largest absolute Gasteiger partial charge is 0.496 e. The normalized spacial score (nSPS) is 18.8. The van der Waals surface area contributed by atoms with Gasteiger partial charge >= 0.3 is 12.0 Å². The van der Waals surface area contributed by atoms with Gasteiger partial charge in [0.25, 0.3) is 0 Å². The summed E-state index contributed by atoms with van der Waals surface area (Å²) in [5, 5.41) is 6.78. The maximum absolute atomic E-state index is 12.8. The molecule has 4 rings (SSSR count). The number of urea groups is 1. The Bertz CT molecular complexity index is 951. The molecule has 1 aromatic carbocycles. The van der Waals surface area contributed by atoms with Crippen LogP contribution in [0, 0.1) is 0 Å². The second kappa shape index (κ2) is 7.34. The van der Waals surface area contributed by atoms with E-state index in [0.29, 0.717) is 40.7 Å². The van der Waals surface area contributed by atoms with Crippen molar-refractivity contribution in [3.63, 3.8) is 0 Å². The van der Waals surface area contributed by atoms with Crippen LogP contribution in [0.2, 0.25) is 0 Å². The molecule has 9 nitrogen and oxygen atoms in total. The van der Waals surface area contributed by atoms with Gasteiger partial charge in [0.1, 0.15) is 18.9 Å². The number of amides is 2. The van der Waals surface area contributed by atoms with Gasteiger partial charge in [-0.05, 0) is 12.5 Å². The summed E-state index contributed by atoms with van der Waals surface area (Å²) in [5.41, 5.74) is 1.57. The van der Waals surface area contributed by atoms with Crippen LogP contribution in [0.5, 0.6) is 5.75 Å². The van der Waals surface area contributed by atoms with Gasteiger partial charge < -0.3 is 19.3 Å². The van der Waals surface area contributed by atoms with Gasteiger partial charge in [0.15, 0.2) is 5.82 Å². The molecular formula is C19H20N4O5. The number of cyclic esters (lactones) is 1. The molecule has 0 radical (unpaired) electrons. The van der Waals surface area contributed by atoms with E-state index in [9.17, 15) is 9.59 Å². The molecule has 0 spiro atoms. The fraction of sp³-hybridized carbons (Fsp3) is 0.368. The number of nitrogens with one attached hydrogen (secondary N) is 1. The maximum Gasteiger partial charge on any atom is 0.338 e. The molecule has 2 aliphatic rings. The van der Waals surface area contributed by atoms with Gasteiger partial charge in [-0.1, -0.05) is 30.3 Å². The number of methoxy groups -OCH3 is 1. The summed E-state index contributed by atoms with van der Waals surface area (Å²) in [6, 6.07) is 6.22. The number of benzene rings is 1. The number of nitrogens with zero attached hydrogens (tertiary/aromatic N) is 3. The van der Waals surface area contributed by atoms with Crippen molar-refractivity contribution in [1.82, 2.24) is 20.4 Å². The summed E-state index contributed by atoms with van der Waals surface area (Å²) in [6.45, 7) is 2.10. The van der Waals surface area contributed by atoms with Crippen molar-refractivity contribution in [2.45, 2.75) is 32.4 Å². The van der Waals surface area contributed by atoms with E-state index >= 15 is 0 Å². The molecule has 9 heteroatoms. The lowest BCUT2D eigenvalue weighted by atomic mass is 9.95. The summed E-state index contributed by atoms with van der Waals surface area (Å²) >= 11 is 0. The Kier molecular flexibility index (Phi) is 4.72. The zero-order valence-corrected chi connectivity index (χ0v) is 15.6. The van der Waals surface area contributed by atoms with Gasteiger partial charge in [0.2, 0.25) is 5.89 Å². The third-order valence-electron chi connectivity index (χ3n) is 4.73. The minimum Gasteiger partial charge on any atom is -0.496 e. The molecule has 0 fully saturated rings. The summed E-state index contributed by atoms with van der Waals surface area (Å²) in [5.74, 6) is 1.01. The van der Waals surface area contributed by atoms with Crippen LogP contribution in [0.4, 0.5) is 4.79 Å². The zero-order valence-electron chi connectivity index (χ0n) is 15.6. The van der Waals surface area contributed by atoms with Crippen molar-refractivity contribution in [3.8, 4) is 5.75 Å². The highest BCUT2D eigenvalue weighted by Gasteiger charge is 2.43. The SMILES string of the molecule is CCCc1noc(CN2C(=O)NC(c3ccccc3OC)C3=C2COC3=O)n1. The van der Waals surface area contributed by atoms with E-state index in [1.54, 1.807) is 13.2 Å². The number of carbonyl (C=O) groups is 2. The highest BCUT2D eigenvalue weighted by molar-refractivity contribution is 5.97. The summed E-state index contributed by atoms with van der Waals surface area (Å²) in [4.78, 5) is 31.0. The zero-order chi connectivity index (χ0) is 19.7.